The highest BCUT2D eigenvalue weighted by molar-refractivity contribution is 14.0. The Kier molecular flexibility index (Phi) is 7.91. The van der Waals surface area contributed by atoms with E-state index in [-0.39, 0.29) is 24.0 Å². The second kappa shape index (κ2) is 9.16. The van der Waals surface area contributed by atoms with E-state index in [0.717, 1.165) is 6.54 Å². The molecule has 0 aliphatic rings. The molecule has 0 radical (unpaired) electrons. The fourth-order valence-electron chi connectivity index (χ4n) is 1.83. The predicted molar refractivity (Wildman–Crippen MR) is 101 cm³/mol. The Bertz CT molecular complexity index is 553. The van der Waals surface area contributed by atoms with Gasteiger partial charge in [0.1, 0.15) is 11.4 Å². The van der Waals surface area contributed by atoms with Crippen LogP contribution in [0.2, 0.25) is 0 Å². The first-order valence-electron chi connectivity index (χ1n) is 6.93. The molecule has 0 spiro atoms. The van der Waals surface area contributed by atoms with Crippen LogP contribution in [0, 0.1) is 0 Å². The summed E-state index contributed by atoms with van der Waals surface area (Å²) in [7, 11) is 0. The second-order valence-corrected chi connectivity index (χ2v) is 5.91. The van der Waals surface area contributed by atoms with E-state index in [2.05, 4.69) is 21.7 Å². The normalized spacial score (nSPS) is 14.0. The SMILES string of the molecule is CCNC(=NCc1cccs1)NCC(C)(O)c1ccco1.I. The third-order valence-corrected chi connectivity index (χ3v) is 3.83. The van der Waals surface area contributed by atoms with Gasteiger partial charge in [-0.05, 0) is 37.4 Å². The first-order chi connectivity index (χ1) is 10.1. The Morgan fingerprint density at radius 2 is 2.18 bits per heavy atom. The van der Waals surface area contributed by atoms with Crippen molar-refractivity contribution >= 4 is 41.3 Å². The molecule has 7 heteroatoms. The van der Waals surface area contributed by atoms with Gasteiger partial charge in [-0.1, -0.05) is 6.07 Å². The summed E-state index contributed by atoms with van der Waals surface area (Å²) in [6.07, 6.45) is 1.56. The number of furan rings is 1. The van der Waals surface area contributed by atoms with Crippen LogP contribution in [0.25, 0.3) is 0 Å². The molecule has 2 rings (SSSR count). The molecule has 2 heterocycles. The van der Waals surface area contributed by atoms with Gasteiger partial charge in [-0.2, -0.15) is 0 Å². The number of rotatable bonds is 6. The molecule has 0 bridgehead atoms. The standard InChI is InChI=1S/C15H21N3O2S.HI/c1-3-16-14(17-10-12-6-5-9-21-12)18-11-15(2,19)13-7-4-8-20-13;/h4-9,19H,3,10-11H2,1-2H3,(H2,16,17,18);1H. The molecule has 0 saturated carbocycles. The Morgan fingerprint density at radius 3 is 2.77 bits per heavy atom. The molecule has 0 amide bonds. The molecule has 0 saturated heterocycles. The lowest BCUT2D eigenvalue weighted by molar-refractivity contribution is 0.0386. The van der Waals surface area contributed by atoms with Crippen LogP contribution in [0.4, 0.5) is 0 Å². The highest BCUT2D eigenvalue weighted by Crippen LogP contribution is 2.19. The van der Waals surface area contributed by atoms with Crippen molar-refractivity contribution in [3.63, 3.8) is 0 Å². The van der Waals surface area contributed by atoms with Crippen LogP contribution in [0.5, 0.6) is 0 Å². The maximum Gasteiger partial charge on any atom is 0.191 e. The number of guanidine groups is 1. The number of thiophene rings is 1. The first kappa shape index (κ1) is 19.0. The van der Waals surface area contributed by atoms with E-state index < -0.39 is 5.60 Å². The lowest BCUT2D eigenvalue weighted by Gasteiger charge is -2.22. The molecule has 1 unspecified atom stereocenters. The Balaban J connectivity index is 0.00000242. The van der Waals surface area contributed by atoms with E-state index in [0.29, 0.717) is 24.8 Å². The second-order valence-electron chi connectivity index (χ2n) is 4.88. The van der Waals surface area contributed by atoms with Crippen molar-refractivity contribution in [2.45, 2.75) is 26.0 Å². The van der Waals surface area contributed by atoms with Crippen LogP contribution in [0.3, 0.4) is 0 Å². The minimum atomic E-state index is -1.08. The molecular weight excluding hydrogens is 413 g/mol. The minimum absolute atomic E-state index is 0. The fraction of sp³-hybridized carbons (Fsp3) is 0.400. The Morgan fingerprint density at radius 1 is 1.36 bits per heavy atom. The molecule has 1 atom stereocenters. The fourth-order valence-corrected chi connectivity index (χ4v) is 2.46. The summed E-state index contributed by atoms with van der Waals surface area (Å²) in [6, 6.07) is 7.59. The van der Waals surface area contributed by atoms with Crippen molar-refractivity contribution in [1.29, 1.82) is 0 Å². The maximum atomic E-state index is 10.4. The summed E-state index contributed by atoms with van der Waals surface area (Å²) in [4.78, 5) is 5.70. The van der Waals surface area contributed by atoms with Crippen LogP contribution in [-0.4, -0.2) is 24.2 Å². The summed E-state index contributed by atoms with van der Waals surface area (Å²) >= 11 is 1.68. The zero-order chi connectivity index (χ0) is 15.1. The summed E-state index contributed by atoms with van der Waals surface area (Å²) in [5, 5.41) is 18.8. The summed E-state index contributed by atoms with van der Waals surface area (Å²) in [5.41, 5.74) is -1.08. The molecule has 0 aromatic carbocycles. The quantitative estimate of drug-likeness (QED) is 0.371. The van der Waals surface area contributed by atoms with Crippen molar-refractivity contribution in [3.05, 3.63) is 46.5 Å². The highest BCUT2D eigenvalue weighted by Gasteiger charge is 2.26. The third-order valence-electron chi connectivity index (χ3n) is 2.97. The first-order valence-corrected chi connectivity index (χ1v) is 7.80. The predicted octanol–water partition coefficient (Wildman–Crippen LogP) is 2.92. The van der Waals surface area contributed by atoms with E-state index in [4.69, 9.17) is 4.42 Å². The number of hydrogen-bond acceptors (Lipinski definition) is 4. The van der Waals surface area contributed by atoms with Crippen LogP contribution < -0.4 is 10.6 Å². The molecule has 22 heavy (non-hydrogen) atoms. The van der Waals surface area contributed by atoms with Gasteiger partial charge in [0, 0.05) is 11.4 Å². The largest absolute Gasteiger partial charge is 0.466 e. The van der Waals surface area contributed by atoms with Crippen LogP contribution >= 0.6 is 35.3 Å². The summed E-state index contributed by atoms with van der Waals surface area (Å²) in [5.74, 6) is 1.21. The van der Waals surface area contributed by atoms with Crippen molar-refractivity contribution < 1.29 is 9.52 Å². The molecule has 0 aliphatic carbocycles. The molecule has 0 fully saturated rings. The van der Waals surface area contributed by atoms with Gasteiger partial charge in [0.05, 0.1) is 19.4 Å². The summed E-state index contributed by atoms with van der Waals surface area (Å²) < 4.78 is 5.26. The third kappa shape index (κ3) is 5.62. The zero-order valence-corrected chi connectivity index (χ0v) is 15.9. The lowest BCUT2D eigenvalue weighted by Crippen LogP contribution is -2.44. The van der Waals surface area contributed by atoms with Crippen LogP contribution in [0.1, 0.15) is 24.5 Å². The average molecular weight is 435 g/mol. The summed E-state index contributed by atoms with van der Waals surface area (Å²) in [6.45, 7) is 5.42. The number of hydrogen-bond donors (Lipinski definition) is 3. The monoisotopic (exact) mass is 435 g/mol. The van der Waals surface area contributed by atoms with Gasteiger partial charge in [-0.25, -0.2) is 4.99 Å². The number of nitrogens with one attached hydrogen (secondary N) is 2. The van der Waals surface area contributed by atoms with Gasteiger partial charge in [0.2, 0.25) is 0 Å². The van der Waals surface area contributed by atoms with E-state index in [1.807, 2.05) is 18.4 Å². The molecular formula is C15H22IN3O2S. The molecule has 2 aromatic heterocycles. The zero-order valence-electron chi connectivity index (χ0n) is 12.7. The van der Waals surface area contributed by atoms with Gasteiger partial charge in [-0.15, -0.1) is 35.3 Å². The number of nitrogens with zero attached hydrogens (tertiary/aromatic N) is 1. The van der Waals surface area contributed by atoms with E-state index in [1.165, 1.54) is 4.88 Å². The topological polar surface area (TPSA) is 69.8 Å². The van der Waals surface area contributed by atoms with Gasteiger partial charge < -0.3 is 20.2 Å². The van der Waals surface area contributed by atoms with E-state index in [9.17, 15) is 5.11 Å². The van der Waals surface area contributed by atoms with Gasteiger partial charge in [0.15, 0.2) is 5.96 Å². The Hall–Kier alpha value is -1.06. The number of aliphatic imine (C=N–C) groups is 1. The lowest BCUT2D eigenvalue weighted by atomic mass is 10.0. The van der Waals surface area contributed by atoms with Gasteiger partial charge in [0.25, 0.3) is 0 Å². The molecule has 0 aliphatic heterocycles. The van der Waals surface area contributed by atoms with Crippen molar-refractivity contribution in [2.75, 3.05) is 13.1 Å². The highest BCUT2D eigenvalue weighted by atomic mass is 127. The molecule has 5 nitrogen and oxygen atoms in total. The van der Waals surface area contributed by atoms with Crippen LogP contribution in [0.15, 0.2) is 45.3 Å². The van der Waals surface area contributed by atoms with E-state index >= 15 is 0 Å². The Labute approximate surface area is 151 Å². The van der Waals surface area contributed by atoms with Crippen molar-refractivity contribution in [3.8, 4) is 0 Å². The molecule has 2 aromatic rings. The van der Waals surface area contributed by atoms with Gasteiger partial charge in [-0.3, -0.25) is 0 Å². The van der Waals surface area contributed by atoms with Crippen LogP contribution in [-0.2, 0) is 12.1 Å². The minimum Gasteiger partial charge on any atom is -0.466 e. The molecule has 3 N–H and O–H groups in total. The number of halogens is 1. The number of aliphatic hydroxyl groups is 1. The smallest absolute Gasteiger partial charge is 0.191 e. The van der Waals surface area contributed by atoms with Crippen molar-refractivity contribution in [2.24, 2.45) is 4.99 Å². The van der Waals surface area contributed by atoms with Gasteiger partial charge >= 0.3 is 0 Å². The maximum absolute atomic E-state index is 10.4. The average Bonchev–Trinajstić information content (AvgIpc) is 3.14. The van der Waals surface area contributed by atoms with Crippen molar-refractivity contribution in [1.82, 2.24) is 10.6 Å². The van der Waals surface area contributed by atoms with E-state index in [1.54, 1.807) is 36.7 Å². The molecule has 122 valence electrons.